The molecule has 168 valence electrons. The van der Waals surface area contributed by atoms with Gasteiger partial charge in [-0.25, -0.2) is 0 Å². The van der Waals surface area contributed by atoms with Crippen LogP contribution in [0.1, 0.15) is 70.3 Å². The molecule has 0 radical (unpaired) electrons. The molecule has 0 saturated heterocycles. The lowest BCUT2D eigenvalue weighted by atomic mass is 9.91. The fourth-order valence-corrected chi connectivity index (χ4v) is 4.77. The van der Waals surface area contributed by atoms with Crippen LogP contribution in [0, 0.1) is 0 Å². The van der Waals surface area contributed by atoms with Gasteiger partial charge in [0, 0.05) is 23.3 Å². The fraction of sp³-hybridized carbons (Fsp3) is 0.500. The van der Waals surface area contributed by atoms with Crippen molar-refractivity contribution in [3.05, 3.63) is 53.1 Å². The third kappa shape index (κ3) is 6.16. The summed E-state index contributed by atoms with van der Waals surface area (Å²) >= 11 is 6.09. The van der Waals surface area contributed by atoms with Crippen molar-refractivity contribution in [1.82, 2.24) is 0 Å². The third-order valence-electron chi connectivity index (χ3n) is 6.41. The summed E-state index contributed by atoms with van der Waals surface area (Å²) < 4.78 is 4.92. The molecule has 1 fully saturated rings. The van der Waals surface area contributed by atoms with Crippen LogP contribution in [0.4, 0.5) is 17.1 Å². The van der Waals surface area contributed by atoms with Gasteiger partial charge in [-0.2, -0.15) is 0 Å². The van der Waals surface area contributed by atoms with E-state index in [1.165, 1.54) is 44.9 Å². The number of esters is 1. The van der Waals surface area contributed by atoms with E-state index in [4.69, 9.17) is 16.3 Å². The molecule has 2 aromatic carbocycles. The Kier molecular flexibility index (Phi) is 8.65. The molecule has 0 amide bonds. The van der Waals surface area contributed by atoms with Crippen molar-refractivity contribution in [3.63, 3.8) is 0 Å². The van der Waals surface area contributed by atoms with E-state index in [1.54, 1.807) is 0 Å². The minimum atomic E-state index is -0.166. The Morgan fingerprint density at radius 3 is 2.45 bits per heavy atom. The largest absolute Gasteiger partial charge is 0.469 e. The van der Waals surface area contributed by atoms with Crippen LogP contribution < -0.4 is 10.2 Å². The topological polar surface area (TPSA) is 41.6 Å². The van der Waals surface area contributed by atoms with Gasteiger partial charge >= 0.3 is 5.97 Å². The highest BCUT2D eigenvalue weighted by molar-refractivity contribution is 6.30. The molecular formula is C26H35ClN2O2. The summed E-state index contributed by atoms with van der Waals surface area (Å²) in [6.07, 6.45) is 7.72. The minimum Gasteiger partial charge on any atom is -0.469 e. The number of halogens is 1. The number of anilines is 3. The molecule has 0 spiro atoms. The Labute approximate surface area is 191 Å². The van der Waals surface area contributed by atoms with E-state index in [9.17, 15) is 4.79 Å². The van der Waals surface area contributed by atoms with Gasteiger partial charge < -0.3 is 15.0 Å². The van der Waals surface area contributed by atoms with E-state index in [2.05, 4.69) is 42.3 Å². The molecular weight excluding hydrogens is 408 g/mol. The Morgan fingerprint density at radius 1 is 1.13 bits per heavy atom. The summed E-state index contributed by atoms with van der Waals surface area (Å²) in [7, 11) is 1.45. The highest BCUT2D eigenvalue weighted by Gasteiger charge is 2.24. The van der Waals surface area contributed by atoms with Crippen molar-refractivity contribution in [2.75, 3.05) is 23.9 Å². The van der Waals surface area contributed by atoms with Crippen LogP contribution in [-0.2, 0) is 9.53 Å². The molecule has 1 saturated carbocycles. The van der Waals surface area contributed by atoms with E-state index < -0.39 is 0 Å². The van der Waals surface area contributed by atoms with E-state index in [0.29, 0.717) is 12.5 Å². The summed E-state index contributed by atoms with van der Waals surface area (Å²) in [6, 6.07) is 15.0. The Morgan fingerprint density at radius 2 is 1.84 bits per heavy atom. The van der Waals surface area contributed by atoms with E-state index in [0.717, 1.165) is 34.9 Å². The van der Waals surface area contributed by atoms with Crippen LogP contribution in [0.3, 0.4) is 0 Å². The zero-order valence-corrected chi connectivity index (χ0v) is 19.8. The monoisotopic (exact) mass is 442 g/mol. The Balaban J connectivity index is 1.97. The second-order valence-corrected chi connectivity index (χ2v) is 8.81. The zero-order chi connectivity index (χ0) is 22.2. The van der Waals surface area contributed by atoms with E-state index >= 15 is 0 Å². The standard InChI is InChI=1S/C26H35ClN2O2/c1-4-19(18-26(30)31-3)20-11-16-25(29(5-2)23-9-7-6-8-10-23)24(17-20)28-22-14-12-21(27)13-15-22/h11-17,19,23,28H,4-10,18H2,1-3H3/t19-/m0/s1. The lowest BCUT2D eigenvalue weighted by Crippen LogP contribution is -2.37. The Hall–Kier alpha value is -2.20. The predicted octanol–water partition coefficient (Wildman–Crippen LogP) is 7.30. The molecule has 0 unspecified atom stereocenters. The summed E-state index contributed by atoms with van der Waals surface area (Å²) in [4.78, 5) is 14.5. The number of hydrogen-bond donors (Lipinski definition) is 1. The van der Waals surface area contributed by atoms with Crippen molar-refractivity contribution < 1.29 is 9.53 Å². The number of rotatable bonds is 9. The van der Waals surface area contributed by atoms with Crippen molar-refractivity contribution in [2.24, 2.45) is 0 Å². The van der Waals surface area contributed by atoms with Crippen LogP contribution in [0.5, 0.6) is 0 Å². The van der Waals surface area contributed by atoms with Crippen LogP contribution in [0.25, 0.3) is 0 Å². The maximum atomic E-state index is 11.9. The highest BCUT2D eigenvalue weighted by atomic mass is 35.5. The molecule has 0 aromatic heterocycles. The van der Waals surface area contributed by atoms with Gasteiger partial charge in [0.1, 0.15) is 0 Å². The molecule has 4 nitrogen and oxygen atoms in total. The fourth-order valence-electron chi connectivity index (χ4n) is 4.65. The zero-order valence-electron chi connectivity index (χ0n) is 19.0. The van der Waals surface area contributed by atoms with Gasteiger partial charge in [-0.1, -0.05) is 43.9 Å². The van der Waals surface area contributed by atoms with Gasteiger partial charge in [-0.3, -0.25) is 4.79 Å². The number of ether oxygens (including phenoxy) is 1. The summed E-state index contributed by atoms with van der Waals surface area (Å²) in [5.41, 5.74) is 4.47. The molecule has 1 aliphatic carbocycles. The number of benzene rings is 2. The van der Waals surface area contributed by atoms with Gasteiger partial charge in [-0.15, -0.1) is 0 Å². The maximum absolute atomic E-state index is 11.9. The normalized spacial score (nSPS) is 15.4. The number of hydrogen-bond acceptors (Lipinski definition) is 4. The lowest BCUT2D eigenvalue weighted by Gasteiger charge is -2.37. The molecule has 0 bridgehead atoms. The first-order valence-electron chi connectivity index (χ1n) is 11.6. The Bertz CT molecular complexity index is 847. The quantitative estimate of drug-likeness (QED) is 0.413. The third-order valence-corrected chi connectivity index (χ3v) is 6.67. The molecule has 31 heavy (non-hydrogen) atoms. The van der Waals surface area contributed by atoms with Gasteiger partial charge in [0.05, 0.1) is 24.9 Å². The highest BCUT2D eigenvalue weighted by Crippen LogP contribution is 2.37. The second-order valence-electron chi connectivity index (χ2n) is 8.37. The number of nitrogens with one attached hydrogen (secondary N) is 1. The van der Waals surface area contributed by atoms with Crippen LogP contribution >= 0.6 is 11.6 Å². The average Bonchev–Trinajstić information content (AvgIpc) is 2.81. The molecule has 5 heteroatoms. The summed E-state index contributed by atoms with van der Waals surface area (Å²) in [5, 5.41) is 4.35. The first-order valence-corrected chi connectivity index (χ1v) is 11.9. The van der Waals surface area contributed by atoms with Gasteiger partial charge in [0.2, 0.25) is 0 Å². The van der Waals surface area contributed by atoms with Crippen LogP contribution in [0.2, 0.25) is 5.02 Å². The minimum absolute atomic E-state index is 0.136. The van der Waals surface area contributed by atoms with E-state index in [-0.39, 0.29) is 11.9 Å². The van der Waals surface area contributed by atoms with Crippen molar-refractivity contribution in [2.45, 2.75) is 70.8 Å². The number of carbonyl (C=O) groups is 1. The number of nitrogens with zero attached hydrogens (tertiary/aromatic N) is 1. The molecule has 1 N–H and O–H groups in total. The average molecular weight is 443 g/mol. The summed E-state index contributed by atoms with van der Waals surface area (Å²) in [5.74, 6) is -0.0300. The van der Waals surface area contributed by atoms with Crippen LogP contribution in [0.15, 0.2) is 42.5 Å². The molecule has 2 aromatic rings. The van der Waals surface area contributed by atoms with Crippen molar-refractivity contribution >= 4 is 34.6 Å². The van der Waals surface area contributed by atoms with Gasteiger partial charge in [0.15, 0.2) is 0 Å². The van der Waals surface area contributed by atoms with Gasteiger partial charge in [0.25, 0.3) is 0 Å². The summed E-state index contributed by atoms with van der Waals surface area (Å²) in [6.45, 7) is 5.33. The molecule has 0 heterocycles. The molecule has 3 rings (SSSR count). The smallest absolute Gasteiger partial charge is 0.306 e. The van der Waals surface area contributed by atoms with Crippen molar-refractivity contribution in [3.8, 4) is 0 Å². The predicted molar refractivity (Wildman–Crippen MR) is 131 cm³/mol. The lowest BCUT2D eigenvalue weighted by molar-refractivity contribution is -0.141. The molecule has 0 aliphatic heterocycles. The molecule has 1 atom stereocenters. The number of carbonyl (C=O) groups excluding carboxylic acids is 1. The maximum Gasteiger partial charge on any atom is 0.306 e. The SMILES string of the molecule is CC[C@@H](CC(=O)OC)c1ccc(N(CC)C2CCCCC2)c(Nc2ccc(Cl)cc2)c1. The molecule has 1 aliphatic rings. The van der Waals surface area contributed by atoms with E-state index in [1.807, 2.05) is 24.3 Å². The second kappa shape index (κ2) is 11.4. The van der Waals surface area contributed by atoms with Crippen LogP contribution in [-0.4, -0.2) is 25.7 Å². The van der Waals surface area contributed by atoms with Crippen molar-refractivity contribution in [1.29, 1.82) is 0 Å². The first kappa shape index (κ1) is 23.5. The first-order chi connectivity index (χ1) is 15.0. The van der Waals surface area contributed by atoms with Gasteiger partial charge in [-0.05, 0) is 74.1 Å². The number of methoxy groups -OCH3 is 1.